The number of pyridine rings is 1. The summed E-state index contributed by atoms with van der Waals surface area (Å²) in [6.07, 6.45) is 3.12. The number of hydrogen-bond donors (Lipinski definition) is 0. The van der Waals surface area contributed by atoms with Gasteiger partial charge in [0.2, 0.25) is 5.88 Å². The van der Waals surface area contributed by atoms with Crippen LogP contribution in [0.1, 0.15) is 33.6 Å². The molecule has 0 N–H and O–H groups in total. The molecule has 1 aromatic heterocycles. The second-order valence-corrected chi connectivity index (χ2v) is 7.71. The molecular weight excluding hydrogens is 334 g/mol. The predicted octanol–water partition coefficient (Wildman–Crippen LogP) is 2.70. The van der Waals surface area contributed by atoms with Crippen LogP contribution in [0.2, 0.25) is 0 Å². The highest BCUT2D eigenvalue weighted by Crippen LogP contribution is 2.29. The van der Waals surface area contributed by atoms with Crippen molar-refractivity contribution in [1.29, 1.82) is 0 Å². The molecule has 0 aliphatic carbocycles. The minimum Gasteiger partial charge on any atom is -0.473 e. The van der Waals surface area contributed by atoms with Crippen LogP contribution in [0.4, 0.5) is 10.5 Å². The zero-order chi connectivity index (χ0) is 18.6. The first-order valence-corrected chi connectivity index (χ1v) is 9.35. The Labute approximate surface area is 155 Å². The quantitative estimate of drug-likeness (QED) is 0.823. The molecule has 26 heavy (non-hydrogen) atoms. The van der Waals surface area contributed by atoms with Gasteiger partial charge in [0.25, 0.3) is 0 Å². The van der Waals surface area contributed by atoms with Crippen LogP contribution >= 0.6 is 0 Å². The van der Waals surface area contributed by atoms with E-state index in [1.807, 2.05) is 32.9 Å². The SMILES string of the molecule is CC(C)(C)OC(=O)N1CCC(Oc2ncccc2N2CCOCC2)CC1. The molecule has 144 valence electrons. The van der Waals surface area contributed by atoms with Gasteiger partial charge in [0.1, 0.15) is 17.4 Å². The normalized spacial score (nSPS) is 19.3. The monoisotopic (exact) mass is 363 g/mol. The Morgan fingerprint density at radius 2 is 1.88 bits per heavy atom. The fourth-order valence-electron chi connectivity index (χ4n) is 3.16. The van der Waals surface area contributed by atoms with Crippen LogP contribution in [-0.2, 0) is 9.47 Å². The van der Waals surface area contributed by atoms with E-state index in [-0.39, 0.29) is 12.2 Å². The number of amides is 1. The average Bonchev–Trinajstić information content (AvgIpc) is 2.62. The van der Waals surface area contributed by atoms with Crippen molar-refractivity contribution in [3.63, 3.8) is 0 Å². The van der Waals surface area contributed by atoms with Crippen molar-refractivity contribution in [3.05, 3.63) is 18.3 Å². The summed E-state index contributed by atoms with van der Waals surface area (Å²) >= 11 is 0. The third-order valence-corrected chi connectivity index (χ3v) is 4.47. The van der Waals surface area contributed by atoms with Gasteiger partial charge < -0.3 is 24.0 Å². The molecule has 7 heteroatoms. The van der Waals surface area contributed by atoms with E-state index < -0.39 is 5.60 Å². The van der Waals surface area contributed by atoms with Crippen molar-refractivity contribution in [2.45, 2.75) is 45.3 Å². The first-order chi connectivity index (χ1) is 12.4. The number of morpholine rings is 1. The highest BCUT2D eigenvalue weighted by atomic mass is 16.6. The summed E-state index contributed by atoms with van der Waals surface area (Å²) in [7, 11) is 0. The summed E-state index contributed by atoms with van der Waals surface area (Å²) in [5, 5.41) is 0. The summed E-state index contributed by atoms with van der Waals surface area (Å²) in [4.78, 5) is 20.6. The molecule has 0 spiro atoms. The lowest BCUT2D eigenvalue weighted by molar-refractivity contribution is 0.0123. The number of nitrogens with zero attached hydrogens (tertiary/aromatic N) is 3. The highest BCUT2D eigenvalue weighted by Gasteiger charge is 2.28. The van der Waals surface area contributed by atoms with Crippen LogP contribution in [-0.4, -0.2) is 67.1 Å². The van der Waals surface area contributed by atoms with Crippen molar-refractivity contribution in [2.75, 3.05) is 44.3 Å². The van der Waals surface area contributed by atoms with Gasteiger partial charge in [0.05, 0.1) is 13.2 Å². The second kappa shape index (κ2) is 8.12. The lowest BCUT2D eigenvalue weighted by Gasteiger charge is -2.34. The maximum absolute atomic E-state index is 12.2. The van der Waals surface area contributed by atoms with Gasteiger partial charge in [-0.15, -0.1) is 0 Å². The van der Waals surface area contributed by atoms with Crippen LogP contribution in [0.5, 0.6) is 5.88 Å². The predicted molar refractivity (Wildman–Crippen MR) is 98.7 cm³/mol. The van der Waals surface area contributed by atoms with Gasteiger partial charge in [-0.1, -0.05) is 0 Å². The molecule has 2 fully saturated rings. The van der Waals surface area contributed by atoms with E-state index in [0.717, 1.165) is 44.8 Å². The van der Waals surface area contributed by atoms with E-state index >= 15 is 0 Å². The number of likely N-dealkylation sites (tertiary alicyclic amines) is 1. The Hall–Kier alpha value is -2.02. The van der Waals surface area contributed by atoms with Crippen molar-refractivity contribution in [1.82, 2.24) is 9.88 Å². The lowest BCUT2D eigenvalue weighted by Crippen LogP contribution is -2.44. The van der Waals surface area contributed by atoms with Gasteiger partial charge in [-0.25, -0.2) is 9.78 Å². The Balaban J connectivity index is 1.56. The molecule has 0 bridgehead atoms. The van der Waals surface area contributed by atoms with Gasteiger partial charge in [-0.3, -0.25) is 0 Å². The molecule has 0 atom stereocenters. The van der Waals surface area contributed by atoms with Crippen LogP contribution in [0.15, 0.2) is 18.3 Å². The van der Waals surface area contributed by atoms with Crippen LogP contribution in [0.25, 0.3) is 0 Å². The molecule has 0 aromatic carbocycles. The summed E-state index contributed by atoms with van der Waals surface area (Å²) in [5.74, 6) is 0.671. The highest BCUT2D eigenvalue weighted by molar-refractivity contribution is 5.68. The molecule has 0 saturated carbocycles. The van der Waals surface area contributed by atoms with Gasteiger partial charge in [0.15, 0.2) is 0 Å². The van der Waals surface area contributed by atoms with Gasteiger partial charge in [-0.05, 0) is 32.9 Å². The van der Waals surface area contributed by atoms with Crippen molar-refractivity contribution < 1.29 is 19.0 Å². The maximum Gasteiger partial charge on any atom is 0.410 e. The summed E-state index contributed by atoms with van der Waals surface area (Å²) in [6, 6.07) is 3.98. The van der Waals surface area contributed by atoms with Crippen molar-refractivity contribution >= 4 is 11.8 Å². The second-order valence-electron chi connectivity index (χ2n) is 7.71. The Morgan fingerprint density at radius 3 is 2.54 bits per heavy atom. The van der Waals surface area contributed by atoms with Crippen LogP contribution in [0.3, 0.4) is 0 Å². The van der Waals surface area contributed by atoms with E-state index in [4.69, 9.17) is 14.2 Å². The van der Waals surface area contributed by atoms with Crippen molar-refractivity contribution in [2.24, 2.45) is 0 Å². The molecule has 0 unspecified atom stereocenters. The first-order valence-electron chi connectivity index (χ1n) is 9.35. The number of hydrogen-bond acceptors (Lipinski definition) is 6. The molecule has 2 aliphatic rings. The Morgan fingerprint density at radius 1 is 1.19 bits per heavy atom. The summed E-state index contributed by atoms with van der Waals surface area (Å²) < 4.78 is 17.1. The van der Waals surface area contributed by atoms with E-state index in [0.29, 0.717) is 19.0 Å². The lowest BCUT2D eigenvalue weighted by atomic mass is 10.1. The standard InChI is InChI=1S/C19H29N3O4/c1-19(2,3)26-18(23)22-9-6-15(7-10-22)25-17-16(5-4-8-20-17)21-11-13-24-14-12-21/h4-5,8,15H,6-7,9-14H2,1-3H3. The average molecular weight is 363 g/mol. The smallest absolute Gasteiger partial charge is 0.410 e. The number of anilines is 1. The molecule has 2 aliphatic heterocycles. The number of ether oxygens (including phenoxy) is 3. The van der Waals surface area contributed by atoms with Crippen LogP contribution in [0, 0.1) is 0 Å². The minimum absolute atomic E-state index is 0.0587. The van der Waals surface area contributed by atoms with E-state index in [1.54, 1.807) is 11.1 Å². The van der Waals surface area contributed by atoms with Gasteiger partial charge in [0, 0.05) is 45.2 Å². The molecule has 2 saturated heterocycles. The molecule has 7 nitrogen and oxygen atoms in total. The fourth-order valence-corrected chi connectivity index (χ4v) is 3.16. The topological polar surface area (TPSA) is 64.1 Å². The van der Waals surface area contributed by atoms with E-state index in [2.05, 4.69) is 9.88 Å². The zero-order valence-corrected chi connectivity index (χ0v) is 15.9. The third kappa shape index (κ3) is 5.00. The maximum atomic E-state index is 12.2. The molecule has 3 heterocycles. The van der Waals surface area contributed by atoms with E-state index in [9.17, 15) is 4.79 Å². The van der Waals surface area contributed by atoms with Crippen LogP contribution < -0.4 is 9.64 Å². The number of carbonyl (C=O) groups is 1. The number of carbonyl (C=O) groups excluding carboxylic acids is 1. The Bertz CT molecular complexity index is 603. The molecule has 1 aromatic rings. The third-order valence-electron chi connectivity index (χ3n) is 4.47. The minimum atomic E-state index is -0.467. The Kier molecular flexibility index (Phi) is 5.86. The molecule has 0 radical (unpaired) electrons. The summed E-state index contributed by atoms with van der Waals surface area (Å²) in [6.45, 7) is 10.1. The fraction of sp³-hybridized carbons (Fsp3) is 0.684. The molecule has 3 rings (SSSR count). The summed E-state index contributed by atoms with van der Waals surface area (Å²) in [5.41, 5.74) is 0.552. The largest absolute Gasteiger partial charge is 0.473 e. The first kappa shape index (κ1) is 18.8. The number of aromatic nitrogens is 1. The van der Waals surface area contributed by atoms with Gasteiger partial charge in [-0.2, -0.15) is 0 Å². The number of piperidine rings is 1. The number of rotatable bonds is 3. The van der Waals surface area contributed by atoms with E-state index in [1.165, 1.54) is 0 Å². The molecule has 1 amide bonds. The zero-order valence-electron chi connectivity index (χ0n) is 15.9. The molecular formula is C19H29N3O4. The van der Waals surface area contributed by atoms with Gasteiger partial charge >= 0.3 is 6.09 Å². The van der Waals surface area contributed by atoms with Crippen molar-refractivity contribution in [3.8, 4) is 5.88 Å².